The molecule has 4 rings (SSSR count). The van der Waals surface area contributed by atoms with Crippen molar-refractivity contribution in [3.63, 3.8) is 0 Å². The quantitative estimate of drug-likeness (QED) is 0.822. The van der Waals surface area contributed by atoms with Gasteiger partial charge in [-0.05, 0) is 80.5 Å². The highest BCUT2D eigenvalue weighted by atomic mass is 16.2. The van der Waals surface area contributed by atoms with Crippen molar-refractivity contribution >= 4 is 34.6 Å². The largest absolute Gasteiger partial charge is 0.325 e. The third-order valence-electron chi connectivity index (χ3n) is 5.99. The second-order valence-corrected chi connectivity index (χ2v) is 8.00. The third-order valence-corrected chi connectivity index (χ3v) is 5.99. The summed E-state index contributed by atoms with van der Waals surface area (Å²) in [7, 11) is 0. The maximum Gasteiger partial charge on any atom is 0.244 e. The van der Waals surface area contributed by atoms with Gasteiger partial charge in [0, 0.05) is 11.4 Å². The third kappa shape index (κ3) is 3.82. The van der Waals surface area contributed by atoms with Gasteiger partial charge >= 0.3 is 0 Å². The minimum absolute atomic E-state index is 0.0108. The van der Waals surface area contributed by atoms with Gasteiger partial charge in [0.25, 0.3) is 0 Å². The molecule has 5 heteroatoms. The first-order valence-corrected chi connectivity index (χ1v) is 10.3. The van der Waals surface area contributed by atoms with Gasteiger partial charge in [-0.15, -0.1) is 0 Å². The predicted molar refractivity (Wildman–Crippen MR) is 117 cm³/mol. The summed E-state index contributed by atoms with van der Waals surface area (Å²) in [5.41, 5.74) is 6.67. The molecule has 0 radical (unpaired) electrons. The first-order valence-electron chi connectivity index (χ1n) is 10.3. The molecule has 1 atom stereocenters. The second-order valence-electron chi connectivity index (χ2n) is 8.00. The van der Waals surface area contributed by atoms with E-state index in [1.165, 1.54) is 5.56 Å². The summed E-state index contributed by atoms with van der Waals surface area (Å²) in [6.45, 7) is 6.15. The molecule has 1 fully saturated rings. The van der Waals surface area contributed by atoms with E-state index in [0.717, 1.165) is 59.6 Å². The number of carbonyl (C=O) groups is 2. The number of benzene rings is 2. The zero-order valence-electron chi connectivity index (χ0n) is 17.3. The number of rotatable bonds is 4. The van der Waals surface area contributed by atoms with Crippen molar-refractivity contribution in [1.82, 2.24) is 0 Å². The Labute approximate surface area is 171 Å². The zero-order valence-corrected chi connectivity index (χ0v) is 17.3. The van der Waals surface area contributed by atoms with Crippen LogP contribution < -0.4 is 10.2 Å². The summed E-state index contributed by atoms with van der Waals surface area (Å²) < 4.78 is 0. The number of hydrogen-bond donors (Lipinski definition) is 1. The molecule has 1 saturated carbocycles. The van der Waals surface area contributed by atoms with Gasteiger partial charge in [0.1, 0.15) is 6.54 Å². The van der Waals surface area contributed by atoms with Crippen molar-refractivity contribution in [2.75, 3.05) is 16.8 Å². The molecule has 2 aliphatic rings. The van der Waals surface area contributed by atoms with Crippen LogP contribution in [0.5, 0.6) is 0 Å². The van der Waals surface area contributed by atoms with Crippen LogP contribution in [0, 0.1) is 19.8 Å². The standard InChI is InChI=1S/C24H27N3O2/c1-4-17-8-10-18(11-9-17)25-23(28)14-27-22-13-16(3)15(2)12-21(22)26-20-7-5-6-19(20)24(27)29/h8-13,19H,4-7,14H2,1-3H3,(H,25,28)/t19-/m0/s1. The van der Waals surface area contributed by atoms with Crippen molar-refractivity contribution in [3.8, 4) is 0 Å². The van der Waals surface area contributed by atoms with Crippen LogP contribution in [0.25, 0.3) is 0 Å². The Balaban J connectivity index is 1.62. The lowest BCUT2D eigenvalue weighted by Gasteiger charge is -2.25. The summed E-state index contributed by atoms with van der Waals surface area (Å²) in [6, 6.07) is 11.8. The fourth-order valence-electron chi connectivity index (χ4n) is 4.11. The molecular formula is C24H27N3O2. The normalized spacial score (nSPS) is 18.0. The number of hydrogen-bond acceptors (Lipinski definition) is 3. The molecule has 0 unspecified atom stereocenters. The molecular weight excluding hydrogens is 362 g/mol. The highest BCUT2D eigenvalue weighted by molar-refractivity contribution is 6.16. The van der Waals surface area contributed by atoms with E-state index >= 15 is 0 Å². The van der Waals surface area contributed by atoms with Crippen molar-refractivity contribution in [3.05, 3.63) is 53.1 Å². The molecule has 1 N–H and O–H groups in total. The second kappa shape index (κ2) is 7.82. The fraction of sp³-hybridized carbons (Fsp3) is 0.375. The Bertz CT molecular complexity index is 992. The summed E-state index contributed by atoms with van der Waals surface area (Å²) in [6.07, 6.45) is 3.59. The molecule has 0 aromatic heterocycles. The molecule has 2 aromatic rings. The number of nitrogens with one attached hydrogen (secondary N) is 1. The van der Waals surface area contributed by atoms with E-state index in [1.807, 2.05) is 50.2 Å². The van der Waals surface area contributed by atoms with E-state index in [1.54, 1.807) is 4.90 Å². The lowest BCUT2D eigenvalue weighted by molar-refractivity contribution is -0.122. The number of nitrogens with zero attached hydrogens (tertiary/aromatic N) is 2. The highest BCUT2D eigenvalue weighted by Gasteiger charge is 2.37. The Kier molecular flexibility index (Phi) is 5.22. The van der Waals surface area contributed by atoms with Crippen LogP contribution in [0.2, 0.25) is 0 Å². The van der Waals surface area contributed by atoms with E-state index in [9.17, 15) is 9.59 Å². The topological polar surface area (TPSA) is 61.8 Å². The van der Waals surface area contributed by atoms with Gasteiger partial charge in [0.05, 0.1) is 17.3 Å². The van der Waals surface area contributed by atoms with Crippen molar-refractivity contribution in [1.29, 1.82) is 0 Å². The Hall–Kier alpha value is -2.95. The molecule has 5 nitrogen and oxygen atoms in total. The predicted octanol–water partition coefficient (Wildman–Crippen LogP) is 4.72. The average Bonchev–Trinajstić information content (AvgIpc) is 3.14. The fourth-order valence-corrected chi connectivity index (χ4v) is 4.11. The molecule has 1 heterocycles. The van der Waals surface area contributed by atoms with Gasteiger partial charge in [-0.1, -0.05) is 19.1 Å². The maximum atomic E-state index is 13.3. The van der Waals surface area contributed by atoms with Gasteiger partial charge in [0.2, 0.25) is 11.8 Å². The average molecular weight is 389 g/mol. The maximum absolute atomic E-state index is 13.3. The van der Waals surface area contributed by atoms with E-state index in [0.29, 0.717) is 0 Å². The molecule has 2 amide bonds. The monoisotopic (exact) mass is 389 g/mol. The van der Waals surface area contributed by atoms with Crippen molar-refractivity contribution < 1.29 is 9.59 Å². The van der Waals surface area contributed by atoms with Crippen LogP contribution in [-0.4, -0.2) is 24.1 Å². The zero-order chi connectivity index (χ0) is 20.5. The number of aryl methyl sites for hydroxylation is 3. The Morgan fingerprint density at radius 3 is 2.62 bits per heavy atom. The van der Waals surface area contributed by atoms with Gasteiger partial charge in [-0.25, -0.2) is 0 Å². The number of fused-ring (bicyclic) bond motifs is 2. The molecule has 29 heavy (non-hydrogen) atoms. The van der Waals surface area contributed by atoms with Crippen LogP contribution in [0.1, 0.15) is 42.9 Å². The SMILES string of the molecule is CCc1ccc(NC(=O)CN2C(=O)[C@H]3CCCC3=Nc3cc(C)c(C)cc32)cc1. The number of aliphatic imine (C=N–C) groups is 1. The first kappa shape index (κ1) is 19.4. The minimum atomic E-state index is -0.209. The summed E-state index contributed by atoms with van der Waals surface area (Å²) >= 11 is 0. The molecule has 1 aliphatic heterocycles. The first-order chi connectivity index (χ1) is 14.0. The van der Waals surface area contributed by atoms with Crippen LogP contribution in [0.4, 0.5) is 17.1 Å². The van der Waals surface area contributed by atoms with E-state index in [4.69, 9.17) is 4.99 Å². The van der Waals surface area contributed by atoms with Gasteiger partial charge in [0.15, 0.2) is 0 Å². The summed E-state index contributed by atoms with van der Waals surface area (Å²) in [5, 5.41) is 2.93. The van der Waals surface area contributed by atoms with Crippen molar-refractivity contribution in [2.24, 2.45) is 10.9 Å². The minimum Gasteiger partial charge on any atom is -0.325 e. The summed E-state index contributed by atoms with van der Waals surface area (Å²) in [5.74, 6) is -0.424. The van der Waals surface area contributed by atoms with Crippen LogP contribution in [-0.2, 0) is 16.0 Å². The van der Waals surface area contributed by atoms with Gasteiger partial charge in [-0.2, -0.15) is 0 Å². The van der Waals surface area contributed by atoms with Gasteiger partial charge < -0.3 is 10.2 Å². The number of anilines is 2. The van der Waals surface area contributed by atoms with Crippen LogP contribution in [0.3, 0.4) is 0 Å². The number of amides is 2. The van der Waals surface area contributed by atoms with Crippen molar-refractivity contribution in [2.45, 2.75) is 46.5 Å². The molecule has 1 aliphatic carbocycles. The molecule has 0 spiro atoms. The van der Waals surface area contributed by atoms with Crippen LogP contribution >= 0.6 is 0 Å². The number of carbonyl (C=O) groups excluding carboxylic acids is 2. The van der Waals surface area contributed by atoms with E-state index in [-0.39, 0.29) is 24.3 Å². The van der Waals surface area contributed by atoms with E-state index < -0.39 is 0 Å². The molecule has 0 saturated heterocycles. The molecule has 0 bridgehead atoms. The van der Waals surface area contributed by atoms with E-state index in [2.05, 4.69) is 12.2 Å². The Morgan fingerprint density at radius 1 is 1.17 bits per heavy atom. The highest BCUT2D eigenvalue weighted by Crippen LogP contribution is 2.39. The summed E-state index contributed by atoms with van der Waals surface area (Å²) in [4.78, 5) is 32.6. The lowest BCUT2D eigenvalue weighted by Crippen LogP contribution is -2.42. The lowest BCUT2D eigenvalue weighted by atomic mass is 10.0. The Morgan fingerprint density at radius 2 is 1.90 bits per heavy atom. The van der Waals surface area contributed by atoms with Gasteiger partial charge in [-0.3, -0.25) is 14.6 Å². The van der Waals surface area contributed by atoms with Crippen LogP contribution in [0.15, 0.2) is 41.4 Å². The molecule has 150 valence electrons. The molecule has 2 aromatic carbocycles. The smallest absolute Gasteiger partial charge is 0.244 e.